The number of carbonyl (C=O) groups excluding carboxylic acids is 1. The Balaban J connectivity index is 2.29. The van der Waals surface area contributed by atoms with Gasteiger partial charge < -0.3 is 9.47 Å². The molecule has 4 heteroatoms. The quantitative estimate of drug-likeness (QED) is 0.787. The highest BCUT2D eigenvalue weighted by molar-refractivity contribution is 6.31. The fourth-order valence-electron chi connectivity index (χ4n) is 2.21. The van der Waals surface area contributed by atoms with Crippen molar-refractivity contribution in [3.8, 4) is 5.75 Å². The Morgan fingerprint density at radius 2 is 2.06 bits per heavy atom. The van der Waals surface area contributed by atoms with Crippen LogP contribution in [0.15, 0.2) is 12.1 Å². The van der Waals surface area contributed by atoms with Gasteiger partial charge in [-0.3, -0.25) is 4.79 Å². The number of hydrogen-bond donors (Lipinski definition) is 0. The molecule has 1 fully saturated rings. The minimum Gasteiger partial charge on any atom is -0.496 e. The van der Waals surface area contributed by atoms with E-state index in [1.54, 1.807) is 7.11 Å². The van der Waals surface area contributed by atoms with Crippen LogP contribution in [0.25, 0.3) is 0 Å². The molecule has 1 aromatic carbocycles. The summed E-state index contributed by atoms with van der Waals surface area (Å²) in [5.74, 6) is 0.647. The summed E-state index contributed by atoms with van der Waals surface area (Å²) >= 11 is 6.13. The van der Waals surface area contributed by atoms with Crippen molar-refractivity contribution in [1.29, 1.82) is 0 Å². The molecule has 0 N–H and O–H groups in total. The highest BCUT2D eigenvalue weighted by Gasteiger charge is 2.51. The van der Waals surface area contributed by atoms with Crippen LogP contribution in [0.5, 0.6) is 5.75 Å². The summed E-state index contributed by atoms with van der Waals surface area (Å²) in [5, 5.41) is 0.700. The highest BCUT2D eigenvalue weighted by Crippen LogP contribution is 2.50. The molecule has 0 radical (unpaired) electrons. The first-order valence-electron chi connectivity index (χ1n) is 5.94. The number of aryl methyl sites for hydroxylation is 1. The van der Waals surface area contributed by atoms with Crippen molar-refractivity contribution in [2.24, 2.45) is 5.41 Å². The Kier molecular flexibility index (Phi) is 3.53. The lowest BCUT2D eigenvalue weighted by Crippen LogP contribution is -2.20. The summed E-state index contributed by atoms with van der Waals surface area (Å²) < 4.78 is 10.2. The van der Waals surface area contributed by atoms with Crippen LogP contribution in [0, 0.1) is 12.3 Å². The predicted molar refractivity (Wildman–Crippen MR) is 70.1 cm³/mol. The van der Waals surface area contributed by atoms with Gasteiger partial charge >= 0.3 is 5.97 Å². The van der Waals surface area contributed by atoms with Crippen LogP contribution >= 0.6 is 11.6 Å². The van der Waals surface area contributed by atoms with Crippen molar-refractivity contribution in [2.75, 3.05) is 14.2 Å². The minimum atomic E-state index is -0.360. The minimum absolute atomic E-state index is 0.138. The Morgan fingerprint density at radius 3 is 2.56 bits per heavy atom. The van der Waals surface area contributed by atoms with E-state index >= 15 is 0 Å². The monoisotopic (exact) mass is 268 g/mol. The van der Waals surface area contributed by atoms with Gasteiger partial charge in [-0.25, -0.2) is 0 Å². The van der Waals surface area contributed by atoms with Crippen molar-refractivity contribution in [3.63, 3.8) is 0 Å². The van der Waals surface area contributed by atoms with E-state index in [-0.39, 0.29) is 11.4 Å². The first-order valence-corrected chi connectivity index (χ1v) is 6.31. The van der Waals surface area contributed by atoms with Crippen LogP contribution in [0.2, 0.25) is 5.02 Å². The first-order chi connectivity index (χ1) is 8.52. The molecule has 0 unspecified atom stereocenters. The van der Waals surface area contributed by atoms with Gasteiger partial charge in [-0.2, -0.15) is 0 Å². The molecule has 1 aromatic rings. The number of ether oxygens (including phenoxy) is 2. The highest BCUT2D eigenvalue weighted by atomic mass is 35.5. The molecule has 1 aliphatic carbocycles. The van der Waals surface area contributed by atoms with Gasteiger partial charge in [0.1, 0.15) is 5.75 Å². The van der Waals surface area contributed by atoms with Crippen LogP contribution in [-0.4, -0.2) is 20.2 Å². The number of methoxy groups -OCH3 is 2. The number of esters is 1. The molecule has 18 heavy (non-hydrogen) atoms. The Hall–Kier alpha value is -1.22. The third-order valence-corrected chi connectivity index (χ3v) is 3.97. The summed E-state index contributed by atoms with van der Waals surface area (Å²) in [7, 11) is 3.06. The van der Waals surface area contributed by atoms with E-state index in [0.29, 0.717) is 11.4 Å². The van der Waals surface area contributed by atoms with Gasteiger partial charge in [-0.05, 0) is 49.4 Å². The van der Waals surface area contributed by atoms with Crippen molar-refractivity contribution in [1.82, 2.24) is 0 Å². The lowest BCUT2D eigenvalue weighted by atomic mass is 9.95. The van der Waals surface area contributed by atoms with Crippen molar-refractivity contribution < 1.29 is 14.3 Å². The maximum atomic E-state index is 11.8. The summed E-state index contributed by atoms with van der Waals surface area (Å²) in [6.45, 7) is 1.93. The van der Waals surface area contributed by atoms with Crippen LogP contribution < -0.4 is 4.74 Å². The van der Waals surface area contributed by atoms with E-state index in [1.807, 2.05) is 19.1 Å². The lowest BCUT2D eigenvalue weighted by Gasteiger charge is -2.16. The molecule has 0 spiro atoms. The molecule has 0 aromatic heterocycles. The fraction of sp³-hybridized carbons (Fsp3) is 0.500. The molecule has 1 aliphatic rings. The second kappa shape index (κ2) is 4.81. The zero-order chi connectivity index (χ0) is 13.3. The summed E-state index contributed by atoms with van der Waals surface area (Å²) in [4.78, 5) is 11.8. The van der Waals surface area contributed by atoms with Gasteiger partial charge in [0.25, 0.3) is 0 Å². The van der Waals surface area contributed by atoms with Crippen LogP contribution in [0.4, 0.5) is 0 Å². The standard InChI is InChI=1S/C14H17ClO3/c1-9-6-12(17-2)10(7-11(9)15)8-14(4-5-14)13(16)18-3/h6-7H,4-5,8H2,1-3H3. The van der Waals surface area contributed by atoms with Gasteiger partial charge in [-0.1, -0.05) is 11.6 Å². The van der Waals surface area contributed by atoms with Crippen molar-refractivity contribution in [3.05, 3.63) is 28.3 Å². The van der Waals surface area contributed by atoms with Crippen LogP contribution in [0.3, 0.4) is 0 Å². The van der Waals surface area contributed by atoms with Gasteiger partial charge in [0.05, 0.1) is 19.6 Å². The Bertz CT molecular complexity index is 478. The van der Waals surface area contributed by atoms with Gasteiger partial charge in [0, 0.05) is 5.02 Å². The van der Waals surface area contributed by atoms with E-state index in [4.69, 9.17) is 21.1 Å². The fourth-order valence-corrected chi connectivity index (χ4v) is 2.40. The molecule has 0 amide bonds. The average Bonchev–Trinajstić information content (AvgIpc) is 3.13. The molecule has 0 bridgehead atoms. The van der Waals surface area contributed by atoms with E-state index in [0.717, 1.165) is 29.7 Å². The Morgan fingerprint density at radius 1 is 1.39 bits per heavy atom. The normalized spacial score (nSPS) is 16.2. The van der Waals surface area contributed by atoms with Gasteiger partial charge in [-0.15, -0.1) is 0 Å². The van der Waals surface area contributed by atoms with E-state index < -0.39 is 0 Å². The molecular formula is C14H17ClO3. The number of hydrogen-bond acceptors (Lipinski definition) is 3. The third-order valence-electron chi connectivity index (χ3n) is 3.56. The predicted octanol–water partition coefficient (Wildman–Crippen LogP) is 3.15. The topological polar surface area (TPSA) is 35.5 Å². The molecule has 3 nitrogen and oxygen atoms in total. The summed E-state index contributed by atoms with van der Waals surface area (Å²) in [6.07, 6.45) is 2.37. The SMILES string of the molecule is COC(=O)C1(Cc2cc(Cl)c(C)cc2OC)CC1. The summed E-state index contributed by atoms with van der Waals surface area (Å²) in [6, 6.07) is 3.80. The van der Waals surface area contributed by atoms with E-state index in [9.17, 15) is 4.79 Å². The molecule has 0 heterocycles. The Labute approximate surface area is 112 Å². The summed E-state index contributed by atoms with van der Waals surface area (Å²) in [5.41, 5.74) is 1.58. The smallest absolute Gasteiger partial charge is 0.312 e. The third kappa shape index (κ3) is 2.32. The maximum Gasteiger partial charge on any atom is 0.312 e. The second-order valence-electron chi connectivity index (χ2n) is 4.86. The largest absolute Gasteiger partial charge is 0.496 e. The first kappa shape index (κ1) is 13.2. The van der Waals surface area contributed by atoms with Crippen LogP contribution in [-0.2, 0) is 16.0 Å². The molecule has 2 rings (SSSR count). The number of halogens is 1. The van der Waals surface area contributed by atoms with Crippen molar-refractivity contribution in [2.45, 2.75) is 26.2 Å². The molecule has 0 saturated heterocycles. The lowest BCUT2D eigenvalue weighted by molar-refractivity contribution is -0.147. The molecule has 98 valence electrons. The number of benzene rings is 1. The molecule has 0 atom stereocenters. The van der Waals surface area contributed by atoms with E-state index in [1.165, 1.54) is 7.11 Å². The van der Waals surface area contributed by atoms with Crippen LogP contribution in [0.1, 0.15) is 24.0 Å². The van der Waals surface area contributed by atoms with Gasteiger partial charge in [0.2, 0.25) is 0 Å². The zero-order valence-electron chi connectivity index (χ0n) is 10.9. The molecule has 1 saturated carbocycles. The number of rotatable bonds is 4. The average molecular weight is 269 g/mol. The van der Waals surface area contributed by atoms with E-state index in [2.05, 4.69) is 0 Å². The maximum absolute atomic E-state index is 11.8. The second-order valence-corrected chi connectivity index (χ2v) is 5.27. The van der Waals surface area contributed by atoms with Crippen molar-refractivity contribution >= 4 is 17.6 Å². The zero-order valence-corrected chi connectivity index (χ0v) is 11.6. The number of carbonyl (C=O) groups is 1. The molecule has 0 aliphatic heterocycles. The molecular weight excluding hydrogens is 252 g/mol. The van der Waals surface area contributed by atoms with Gasteiger partial charge in [0.15, 0.2) is 0 Å².